The number of rotatable bonds is 4. The predicted octanol–water partition coefficient (Wildman–Crippen LogP) is 1.76. The summed E-state index contributed by atoms with van der Waals surface area (Å²) in [6.07, 6.45) is 4.12. The van der Waals surface area contributed by atoms with E-state index in [-0.39, 0.29) is 12.7 Å². The molecular weight excluding hydrogens is 256 g/mol. The number of fused-ring (bicyclic) bond motifs is 1. The summed E-state index contributed by atoms with van der Waals surface area (Å²) in [5.41, 5.74) is 6.24. The Morgan fingerprint density at radius 2 is 2.20 bits per heavy atom. The van der Waals surface area contributed by atoms with Crippen molar-refractivity contribution in [3.8, 4) is 11.5 Å². The highest BCUT2D eigenvalue weighted by Crippen LogP contribution is 2.33. The summed E-state index contributed by atoms with van der Waals surface area (Å²) >= 11 is 0. The Hall–Kier alpha value is -1.75. The van der Waals surface area contributed by atoms with Crippen LogP contribution in [-0.4, -0.2) is 36.7 Å². The molecule has 1 fully saturated rings. The smallest absolute Gasteiger partial charge is 0.254 e. The lowest BCUT2D eigenvalue weighted by Crippen LogP contribution is -2.35. The van der Waals surface area contributed by atoms with Crippen LogP contribution >= 0.6 is 0 Å². The van der Waals surface area contributed by atoms with Gasteiger partial charge in [-0.2, -0.15) is 0 Å². The van der Waals surface area contributed by atoms with E-state index >= 15 is 0 Å². The van der Waals surface area contributed by atoms with Crippen molar-refractivity contribution >= 4 is 5.91 Å². The molecule has 20 heavy (non-hydrogen) atoms. The maximum Gasteiger partial charge on any atom is 0.254 e. The second-order valence-corrected chi connectivity index (χ2v) is 5.29. The van der Waals surface area contributed by atoms with E-state index in [1.807, 2.05) is 11.0 Å². The third kappa shape index (κ3) is 2.45. The molecule has 3 rings (SSSR count). The molecule has 0 bridgehead atoms. The lowest BCUT2D eigenvalue weighted by Gasteiger charge is -2.24. The number of hydrogen-bond donors (Lipinski definition) is 1. The minimum absolute atomic E-state index is 0.0859. The number of benzene rings is 1. The first-order valence-electron chi connectivity index (χ1n) is 7.20. The van der Waals surface area contributed by atoms with E-state index in [4.69, 9.17) is 15.2 Å². The van der Waals surface area contributed by atoms with Gasteiger partial charge in [0.1, 0.15) is 0 Å². The predicted molar refractivity (Wildman–Crippen MR) is 74.9 cm³/mol. The van der Waals surface area contributed by atoms with Crippen LogP contribution in [-0.2, 0) is 0 Å². The Labute approximate surface area is 118 Å². The molecule has 2 heterocycles. The monoisotopic (exact) mass is 276 g/mol. The van der Waals surface area contributed by atoms with E-state index in [0.717, 1.165) is 32.2 Å². The molecule has 1 aromatic carbocycles. The number of likely N-dealkylation sites (tertiary alicyclic amines) is 1. The molecule has 2 aliphatic heterocycles. The third-order valence-corrected chi connectivity index (χ3v) is 4.00. The maximum absolute atomic E-state index is 12.6. The number of nitrogens with two attached hydrogens (primary N) is 1. The van der Waals surface area contributed by atoms with Gasteiger partial charge in [-0.1, -0.05) is 0 Å². The van der Waals surface area contributed by atoms with Gasteiger partial charge in [0.2, 0.25) is 6.79 Å². The summed E-state index contributed by atoms with van der Waals surface area (Å²) in [5.74, 6) is 1.46. The fraction of sp³-hybridized carbons (Fsp3) is 0.533. The lowest BCUT2D eigenvalue weighted by molar-refractivity contribution is 0.0729. The zero-order valence-corrected chi connectivity index (χ0v) is 11.5. The van der Waals surface area contributed by atoms with Crippen LogP contribution in [0.1, 0.15) is 36.0 Å². The van der Waals surface area contributed by atoms with E-state index in [0.29, 0.717) is 29.6 Å². The Balaban J connectivity index is 1.74. The molecule has 0 saturated carbocycles. The second-order valence-electron chi connectivity index (χ2n) is 5.29. The lowest BCUT2D eigenvalue weighted by atomic mass is 10.1. The van der Waals surface area contributed by atoms with Crippen molar-refractivity contribution in [2.75, 3.05) is 19.9 Å². The molecule has 2 N–H and O–H groups in total. The molecule has 0 aromatic heterocycles. The molecule has 1 aromatic rings. The number of nitrogens with zero attached hydrogens (tertiary/aromatic N) is 1. The van der Waals surface area contributed by atoms with Crippen LogP contribution in [0.25, 0.3) is 0 Å². The molecular formula is C15H20N2O3. The largest absolute Gasteiger partial charge is 0.454 e. The number of carbonyl (C=O) groups is 1. The van der Waals surface area contributed by atoms with Gasteiger partial charge in [-0.25, -0.2) is 0 Å². The Morgan fingerprint density at radius 3 is 3.05 bits per heavy atom. The molecule has 0 spiro atoms. The molecule has 0 aliphatic carbocycles. The van der Waals surface area contributed by atoms with Crippen molar-refractivity contribution in [2.45, 2.75) is 31.7 Å². The average molecular weight is 276 g/mol. The molecule has 5 heteroatoms. The van der Waals surface area contributed by atoms with Gasteiger partial charge in [0, 0.05) is 18.2 Å². The van der Waals surface area contributed by atoms with Gasteiger partial charge in [0.05, 0.1) is 0 Å². The van der Waals surface area contributed by atoms with Crippen LogP contribution < -0.4 is 15.2 Å². The van der Waals surface area contributed by atoms with Crippen LogP contribution in [0.15, 0.2) is 18.2 Å². The van der Waals surface area contributed by atoms with Crippen molar-refractivity contribution in [1.82, 2.24) is 4.90 Å². The summed E-state index contributed by atoms with van der Waals surface area (Å²) < 4.78 is 10.6. The molecule has 2 aliphatic rings. The van der Waals surface area contributed by atoms with Gasteiger partial charge in [0.15, 0.2) is 11.5 Å². The summed E-state index contributed by atoms with van der Waals surface area (Å²) in [6, 6.07) is 5.73. The van der Waals surface area contributed by atoms with Crippen LogP contribution in [0.3, 0.4) is 0 Å². The van der Waals surface area contributed by atoms with Crippen LogP contribution in [0.5, 0.6) is 11.5 Å². The van der Waals surface area contributed by atoms with E-state index in [2.05, 4.69) is 0 Å². The standard InChI is InChI=1S/C15H20N2O3/c16-7-1-3-12-4-2-8-17(12)15(18)11-5-6-13-14(9-11)20-10-19-13/h5-6,9,12H,1-4,7-8,10,16H2. The third-order valence-electron chi connectivity index (χ3n) is 4.00. The van der Waals surface area contributed by atoms with Gasteiger partial charge in [-0.05, 0) is 50.4 Å². The van der Waals surface area contributed by atoms with Crippen LogP contribution in [0.2, 0.25) is 0 Å². The van der Waals surface area contributed by atoms with Crippen molar-refractivity contribution in [1.29, 1.82) is 0 Å². The van der Waals surface area contributed by atoms with E-state index in [1.54, 1.807) is 12.1 Å². The number of hydrogen-bond acceptors (Lipinski definition) is 4. The van der Waals surface area contributed by atoms with Crippen molar-refractivity contribution in [2.24, 2.45) is 5.73 Å². The Kier molecular flexibility index (Phi) is 3.78. The van der Waals surface area contributed by atoms with Gasteiger partial charge < -0.3 is 20.1 Å². The van der Waals surface area contributed by atoms with Gasteiger partial charge in [0.25, 0.3) is 5.91 Å². The van der Waals surface area contributed by atoms with Crippen molar-refractivity contribution in [3.05, 3.63) is 23.8 Å². The van der Waals surface area contributed by atoms with Crippen LogP contribution in [0, 0.1) is 0 Å². The molecule has 5 nitrogen and oxygen atoms in total. The zero-order chi connectivity index (χ0) is 13.9. The first kappa shape index (κ1) is 13.2. The van der Waals surface area contributed by atoms with Gasteiger partial charge >= 0.3 is 0 Å². The van der Waals surface area contributed by atoms with Crippen molar-refractivity contribution < 1.29 is 14.3 Å². The summed E-state index contributed by atoms with van der Waals surface area (Å²) in [5, 5.41) is 0. The fourth-order valence-corrected chi connectivity index (χ4v) is 2.95. The van der Waals surface area contributed by atoms with Gasteiger partial charge in [-0.15, -0.1) is 0 Å². The van der Waals surface area contributed by atoms with E-state index in [9.17, 15) is 4.79 Å². The highest BCUT2D eigenvalue weighted by Gasteiger charge is 2.29. The van der Waals surface area contributed by atoms with Crippen molar-refractivity contribution in [3.63, 3.8) is 0 Å². The summed E-state index contributed by atoms with van der Waals surface area (Å²) in [7, 11) is 0. The average Bonchev–Trinajstić information content (AvgIpc) is 3.12. The first-order valence-corrected chi connectivity index (χ1v) is 7.20. The SMILES string of the molecule is NCCCC1CCCN1C(=O)c1ccc2c(c1)OCO2. The number of carbonyl (C=O) groups excluding carboxylic acids is 1. The molecule has 1 saturated heterocycles. The number of amides is 1. The molecule has 1 unspecified atom stereocenters. The fourth-order valence-electron chi connectivity index (χ4n) is 2.95. The Morgan fingerprint density at radius 1 is 1.35 bits per heavy atom. The summed E-state index contributed by atoms with van der Waals surface area (Å²) in [4.78, 5) is 14.6. The summed E-state index contributed by atoms with van der Waals surface area (Å²) in [6.45, 7) is 1.75. The Bertz CT molecular complexity index is 504. The first-order chi connectivity index (χ1) is 9.79. The van der Waals surface area contributed by atoms with E-state index < -0.39 is 0 Å². The normalized spacial score (nSPS) is 20.4. The van der Waals surface area contributed by atoms with Gasteiger partial charge in [-0.3, -0.25) is 4.79 Å². The topological polar surface area (TPSA) is 64.8 Å². The molecule has 0 radical (unpaired) electrons. The highest BCUT2D eigenvalue weighted by atomic mass is 16.7. The highest BCUT2D eigenvalue weighted by molar-refractivity contribution is 5.95. The zero-order valence-electron chi connectivity index (χ0n) is 11.5. The number of ether oxygens (including phenoxy) is 2. The quantitative estimate of drug-likeness (QED) is 0.910. The molecule has 1 amide bonds. The minimum atomic E-state index is 0.0859. The van der Waals surface area contributed by atoms with E-state index in [1.165, 1.54) is 0 Å². The molecule has 1 atom stereocenters. The minimum Gasteiger partial charge on any atom is -0.454 e. The molecule has 108 valence electrons. The second kappa shape index (κ2) is 5.71. The van der Waals surface area contributed by atoms with Crippen LogP contribution in [0.4, 0.5) is 0 Å². The maximum atomic E-state index is 12.6.